The topological polar surface area (TPSA) is 29.9 Å². The molecule has 0 saturated heterocycles. The number of aromatic nitrogens is 2. The Bertz CT molecular complexity index is 509. The minimum atomic E-state index is 0.675. The highest BCUT2D eigenvalue weighted by molar-refractivity contribution is 6.31. The van der Waals surface area contributed by atoms with Gasteiger partial charge in [-0.1, -0.05) is 37.6 Å². The molecule has 1 aromatic carbocycles. The molecule has 102 valence electrons. The number of hydrogen-bond acceptors (Lipinski definition) is 2. The largest absolute Gasteiger partial charge is 0.312 e. The number of nitrogens with one attached hydrogen (secondary N) is 1. The Morgan fingerprint density at radius 3 is 2.47 bits per heavy atom. The summed E-state index contributed by atoms with van der Waals surface area (Å²) in [7, 11) is 0. The van der Waals surface area contributed by atoms with Gasteiger partial charge in [-0.3, -0.25) is 0 Å². The van der Waals surface area contributed by atoms with Gasteiger partial charge in [0.2, 0.25) is 0 Å². The molecule has 0 fully saturated rings. The lowest BCUT2D eigenvalue weighted by Gasteiger charge is -2.08. The molecule has 0 saturated carbocycles. The average molecular weight is 278 g/mol. The molecule has 0 atom stereocenters. The summed E-state index contributed by atoms with van der Waals surface area (Å²) in [6.45, 7) is 8.26. The molecule has 0 unspecified atom stereocenters. The maximum atomic E-state index is 6.02. The predicted octanol–water partition coefficient (Wildman–Crippen LogP) is 3.58. The Balaban J connectivity index is 2.02. The minimum absolute atomic E-state index is 0.675. The van der Waals surface area contributed by atoms with E-state index in [2.05, 4.69) is 48.5 Å². The zero-order valence-corrected chi connectivity index (χ0v) is 12.4. The summed E-state index contributed by atoms with van der Waals surface area (Å²) in [5.41, 5.74) is 3.16. The van der Waals surface area contributed by atoms with Crippen molar-refractivity contribution < 1.29 is 0 Å². The summed E-state index contributed by atoms with van der Waals surface area (Å²) < 4.78 is 1.81. The summed E-state index contributed by atoms with van der Waals surface area (Å²) in [6.07, 6.45) is 1.84. The van der Waals surface area contributed by atoms with Crippen molar-refractivity contribution in [1.29, 1.82) is 0 Å². The Labute approximate surface area is 119 Å². The van der Waals surface area contributed by atoms with Gasteiger partial charge in [0.1, 0.15) is 0 Å². The molecule has 0 radical (unpaired) electrons. The molecule has 0 aliphatic rings. The lowest BCUT2D eigenvalue weighted by Crippen LogP contribution is -2.18. The lowest BCUT2D eigenvalue weighted by molar-refractivity contribution is 0.552. The Morgan fingerprint density at radius 2 is 1.95 bits per heavy atom. The molecule has 1 aromatic heterocycles. The van der Waals surface area contributed by atoms with Crippen LogP contribution in [0.25, 0.3) is 5.69 Å². The second-order valence-electron chi connectivity index (χ2n) is 5.20. The molecule has 3 nitrogen and oxygen atoms in total. The van der Waals surface area contributed by atoms with Gasteiger partial charge in [-0.2, -0.15) is 5.10 Å². The van der Waals surface area contributed by atoms with Gasteiger partial charge in [-0.15, -0.1) is 0 Å². The van der Waals surface area contributed by atoms with Crippen LogP contribution in [0.2, 0.25) is 5.02 Å². The monoisotopic (exact) mass is 277 g/mol. The van der Waals surface area contributed by atoms with Crippen molar-refractivity contribution in [3.63, 3.8) is 0 Å². The van der Waals surface area contributed by atoms with Crippen molar-refractivity contribution in [1.82, 2.24) is 15.1 Å². The first-order valence-electron chi connectivity index (χ1n) is 6.58. The summed E-state index contributed by atoms with van der Waals surface area (Å²) >= 11 is 6.02. The molecular weight excluding hydrogens is 258 g/mol. The maximum absolute atomic E-state index is 6.02. The molecule has 2 aromatic rings. The predicted molar refractivity (Wildman–Crippen MR) is 79.9 cm³/mol. The molecule has 2 rings (SSSR count). The van der Waals surface area contributed by atoms with Crippen LogP contribution in [-0.4, -0.2) is 16.3 Å². The highest BCUT2D eigenvalue weighted by Gasteiger charge is 2.03. The summed E-state index contributed by atoms with van der Waals surface area (Å²) in [6, 6.07) is 8.37. The van der Waals surface area contributed by atoms with Gasteiger partial charge in [0, 0.05) is 12.7 Å². The van der Waals surface area contributed by atoms with E-state index in [0.717, 1.165) is 24.5 Å². The first-order valence-corrected chi connectivity index (χ1v) is 6.96. The van der Waals surface area contributed by atoms with Gasteiger partial charge < -0.3 is 5.32 Å². The Kier molecular flexibility index (Phi) is 4.61. The van der Waals surface area contributed by atoms with Crippen molar-refractivity contribution in [3.8, 4) is 5.69 Å². The number of benzene rings is 1. The van der Waals surface area contributed by atoms with E-state index < -0.39 is 0 Å². The normalized spacial score (nSPS) is 11.2. The second kappa shape index (κ2) is 6.22. The third-order valence-corrected chi connectivity index (χ3v) is 3.29. The second-order valence-corrected chi connectivity index (χ2v) is 5.61. The van der Waals surface area contributed by atoms with Crippen LogP contribution in [0.15, 0.2) is 30.5 Å². The van der Waals surface area contributed by atoms with Crippen LogP contribution in [0.3, 0.4) is 0 Å². The van der Waals surface area contributed by atoms with Crippen LogP contribution in [0.1, 0.15) is 25.1 Å². The Morgan fingerprint density at radius 1 is 1.26 bits per heavy atom. The van der Waals surface area contributed by atoms with Gasteiger partial charge >= 0.3 is 0 Å². The van der Waals surface area contributed by atoms with Crippen LogP contribution in [0.4, 0.5) is 0 Å². The summed E-state index contributed by atoms with van der Waals surface area (Å²) in [5.74, 6) is 0.675. The van der Waals surface area contributed by atoms with Crippen LogP contribution in [-0.2, 0) is 6.54 Å². The minimum Gasteiger partial charge on any atom is -0.312 e. The zero-order chi connectivity index (χ0) is 13.8. The van der Waals surface area contributed by atoms with E-state index in [4.69, 9.17) is 11.6 Å². The van der Waals surface area contributed by atoms with Gasteiger partial charge in [-0.05, 0) is 37.1 Å². The van der Waals surface area contributed by atoms with Gasteiger partial charge in [-0.25, -0.2) is 4.68 Å². The summed E-state index contributed by atoms with van der Waals surface area (Å²) in [4.78, 5) is 0. The highest BCUT2D eigenvalue weighted by atomic mass is 35.5. The quantitative estimate of drug-likeness (QED) is 0.905. The number of nitrogens with zero attached hydrogens (tertiary/aromatic N) is 2. The van der Waals surface area contributed by atoms with Crippen LogP contribution in [0.5, 0.6) is 0 Å². The fourth-order valence-corrected chi connectivity index (χ4v) is 1.97. The van der Waals surface area contributed by atoms with E-state index in [-0.39, 0.29) is 0 Å². The Hall–Kier alpha value is -1.32. The maximum Gasteiger partial charge on any atom is 0.0819 e. The molecule has 19 heavy (non-hydrogen) atoms. The molecule has 0 aliphatic carbocycles. The SMILES string of the molecule is Cc1nn(-c2ccc(CNCC(C)C)cc2)cc1Cl. The van der Waals surface area contributed by atoms with Crippen LogP contribution >= 0.6 is 11.6 Å². The fourth-order valence-electron chi connectivity index (χ4n) is 1.84. The van der Waals surface area contributed by atoms with Crippen molar-refractivity contribution >= 4 is 11.6 Å². The third-order valence-electron chi connectivity index (χ3n) is 2.92. The molecule has 4 heteroatoms. The molecule has 0 aliphatic heterocycles. The van der Waals surface area contributed by atoms with Gasteiger partial charge in [0.15, 0.2) is 0 Å². The first-order chi connectivity index (χ1) is 9.06. The van der Waals surface area contributed by atoms with Gasteiger partial charge in [0.25, 0.3) is 0 Å². The van der Waals surface area contributed by atoms with Crippen molar-refractivity contribution in [2.24, 2.45) is 5.92 Å². The zero-order valence-electron chi connectivity index (χ0n) is 11.7. The molecule has 1 heterocycles. The molecule has 1 N–H and O–H groups in total. The van der Waals surface area contributed by atoms with Gasteiger partial charge in [0.05, 0.1) is 16.4 Å². The van der Waals surface area contributed by atoms with Crippen LogP contribution < -0.4 is 5.32 Å². The van der Waals surface area contributed by atoms with E-state index in [1.807, 2.05) is 17.8 Å². The third kappa shape index (κ3) is 3.82. The molecule has 0 amide bonds. The van der Waals surface area contributed by atoms with Crippen molar-refractivity contribution in [3.05, 3.63) is 46.7 Å². The average Bonchev–Trinajstić information content (AvgIpc) is 2.70. The van der Waals surface area contributed by atoms with Crippen molar-refractivity contribution in [2.45, 2.75) is 27.3 Å². The molecule has 0 bridgehead atoms. The number of halogens is 1. The fraction of sp³-hybridized carbons (Fsp3) is 0.400. The standard InChI is InChI=1S/C15H20ClN3/c1-11(2)8-17-9-13-4-6-14(7-5-13)19-10-15(16)12(3)18-19/h4-7,10-11,17H,8-9H2,1-3H3. The van der Waals surface area contributed by atoms with Crippen molar-refractivity contribution in [2.75, 3.05) is 6.54 Å². The molecule has 0 spiro atoms. The summed E-state index contributed by atoms with van der Waals surface area (Å²) in [5, 5.41) is 8.49. The number of hydrogen-bond donors (Lipinski definition) is 1. The van der Waals surface area contributed by atoms with E-state index in [0.29, 0.717) is 10.9 Å². The molecular formula is C15H20ClN3. The smallest absolute Gasteiger partial charge is 0.0819 e. The van der Waals surface area contributed by atoms with E-state index in [9.17, 15) is 0 Å². The lowest BCUT2D eigenvalue weighted by atomic mass is 10.2. The van der Waals surface area contributed by atoms with E-state index in [1.165, 1.54) is 5.56 Å². The van der Waals surface area contributed by atoms with Crippen LogP contribution in [0, 0.1) is 12.8 Å². The van der Waals surface area contributed by atoms with E-state index >= 15 is 0 Å². The van der Waals surface area contributed by atoms with E-state index in [1.54, 1.807) is 0 Å². The first kappa shape index (κ1) is 14.1. The number of aryl methyl sites for hydroxylation is 1. The highest BCUT2D eigenvalue weighted by Crippen LogP contribution is 2.16. The number of rotatable bonds is 5.